The summed E-state index contributed by atoms with van der Waals surface area (Å²) in [6, 6.07) is 3.64. The first-order valence-corrected chi connectivity index (χ1v) is 5.90. The Morgan fingerprint density at radius 3 is 3.00 bits per heavy atom. The molecule has 2 N–H and O–H groups in total. The van der Waals surface area contributed by atoms with E-state index in [2.05, 4.69) is 15.3 Å². The van der Waals surface area contributed by atoms with E-state index in [0.717, 1.165) is 11.3 Å². The van der Waals surface area contributed by atoms with Gasteiger partial charge < -0.3 is 10.4 Å². The Hall–Kier alpha value is -1.79. The molecular formula is C11H11N3O2S. The molecule has 0 aromatic carbocycles. The van der Waals surface area contributed by atoms with E-state index < -0.39 is 5.97 Å². The number of thiophene rings is 1. The summed E-state index contributed by atoms with van der Waals surface area (Å²) in [5.41, 5.74) is 1.68. The third-order valence-electron chi connectivity index (χ3n) is 2.21. The van der Waals surface area contributed by atoms with Crippen LogP contribution in [-0.2, 0) is 13.1 Å². The molecule has 0 saturated heterocycles. The molecule has 0 spiro atoms. The lowest BCUT2D eigenvalue weighted by molar-refractivity contribution is 0.0701. The maximum atomic E-state index is 10.9. The van der Waals surface area contributed by atoms with E-state index in [4.69, 9.17) is 5.11 Å². The van der Waals surface area contributed by atoms with Crippen LogP contribution in [0.4, 0.5) is 0 Å². The smallest absolute Gasteiger partial charge is 0.346 e. The van der Waals surface area contributed by atoms with E-state index in [1.54, 1.807) is 11.6 Å². The molecule has 0 radical (unpaired) electrons. The van der Waals surface area contributed by atoms with Gasteiger partial charge in [-0.1, -0.05) is 0 Å². The molecule has 17 heavy (non-hydrogen) atoms. The largest absolute Gasteiger partial charge is 0.477 e. The first kappa shape index (κ1) is 11.7. The van der Waals surface area contributed by atoms with Crippen molar-refractivity contribution >= 4 is 17.3 Å². The molecule has 88 valence electrons. The second-order valence-corrected chi connectivity index (χ2v) is 4.30. The van der Waals surface area contributed by atoms with Crippen molar-refractivity contribution in [2.75, 3.05) is 0 Å². The Labute approximate surface area is 102 Å². The highest BCUT2D eigenvalue weighted by Crippen LogP contribution is 2.16. The molecule has 2 aromatic heterocycles. The third-order valence-corrected chi connectivity index (χ3v) is 3.15. The molecule has 2 aromatic rings. The number of rotatable bonds is 5. The fourth-order valence-electron chi connectivity index (χ4n) is 1.41. The van der Waals surface area contributed by atoms with Crippen molar-refractivity contribution < 1.29 is 9.90 Å². The minimum atomic E-state index is -0.876. The van der Waals surface area contributed by atoms with Crippen molar-refractivity contribution in [2.45, 2.75) is 13.1 Å². The lowest BCUT2D eigenvalue weighted by Crippen LogP contribution is -2.14. The van der Waals surface area contributed by atoms with Gasteiger partial charge in [-0.25, -0.2) is 14.8 Å². The SMILES string of the molecule is O=C(O)c1sccc1CNCc1ccncn1. The molecule has 2 heterocycles. The zero-order valence-corrected chi connectivity index (χ0v) is 9.78. The quantitative estimate of drug-likeness (QED) is 0.840. The molecule has 2 rings (SSSR count). The first-order chi connectivity index (χ1) is 8.27. The summed E-state index contributed by atoms with van der Waals surface area (Å²) in [6.07, 6.45) is 3.17. The Morgan fingerprint density at radius 1 is 1.41 bits per heavy atom. The molecule has 0 unspecified atom stereocenters. The summed E-state index contributed by atoms with van der Waals surface area (Å²) in [4.78, 5) is 19.2. The number of nitrogens with one attached hydrogen (secondary N) is 1. The summed E-state index contributed by atoms with van der Waals surface area (Å²) in [7, 11) is 0. The zero-order valence-electron chi connectivity index (χ0n) is 8.96. The van der Waals surface area contributed by atoms with Gasteiger partial charge in [0.25, 0.3) is 0 Å². The van der Waals surface area contributed by atoms with E-state index in [1.165, 1.54) is 17.7 Å². The van der Waals surface area contributed by atoms with Gasteiger partial charge in [-0.3, -0.25) is 0 Å². The summed E-state index contributed by atoms with van der Waals surface area (Å²) >= 11 is 1.24. The van der Waals surface area contributed by atoms with Crippen molar-refractivity contribution in [3.63, 3.8) is 0 Å². The number of carboxylic acid groups (broad SMARTS) is 1. The van der Waals surface area contributed by atoms with Crippen LogP contribution in [0.15, 0.2) is 30.0 Å². The molecule has 0 saturated carbocycles. The van der Waals surface area contributed by atoms with Crippen LogP contribution < -0.4 is 5.32 Å². The van der Waals surface area contributed by atoms with Crippen LogP contribution in [0.25, 0.3) is 0 Å². The van der Waals surface area contributed by atoms with E-state index in [-0.39, 0.29) is 0 Å². The number of hydrogen-bond acceptors (Lipinski definition) is 5. The molecule has 0 aliphatic carbocycles. The van der Waals surface area contributed by atoms with Crippen molar-refractivity contribution in [1.82, 2.24) is 15.3 Å². The van der Waals surface area contributed by atoms with Crippen molar-refractivity contribution in [3.8, 4) is 0 Å². The fraction of sp³-hybridized carbons (Fsp3) is 0.182. The lowest BCUT2D eigenvalue weighted by Gasteiger charge is -2.03. The zero-order chi connectivity index (χ0) is 12.1. The topological polar surface area (TPSA) is 75.1 Å². The highest BCUT2D eigenvalue weighted by molar-refractivity contribution is 7.12. The van der Waals surface area contributed by atoms with Gasteiger partial charge in [0.2, 0.25) is 0 Å². The normalized spacial score (nSPS) is 10.4. The van der Waals surface area contributed by atoms with Gasteiger partial charge in [-0.2, -0.15) is 0 Å². The minimum Gasteiger partial charge on any atom is -0.477 e. The lowest BCUT2D eigenvalue weighted by atomic mass is 10.2. The van der Waals surface area contributed by atoms with Gasteiger partial charge in [0.1, 0.15) is 11.2 Å². The average molecular weight is 249 g/mol. The molecule has 6 heteroatoms. The standard InChI is InChI=1S/C11H11N3O2S/c15-11(16)10-8(2-4-17-10)5-13-6-9-1-3-12-7-14-9/h1-4,7,13H,5-6H2,(H,15,16). The predicted molar refractivity (Wildman–Crippen MR) is 63.9 cm³/mol. The van der Waals surface area contributed by atoms with Gasteiger partial charge in [0.15, 0.2) is 0 Å². The Kier molecular flexibility index (Phi) is 3.79. The Bertz CT molecular complexity index is 498. The van der Waals surface area contributed by atoms with Crippen LogP contribution in [0.3, 0.4) is 0 Å². The number of hydrogen-bond donors (Lipinski definition) is 2. The maximum Gasteiger partial charge on any atom is 0.346 e. The van der Waals surface area contributed by atoms with E-state index in [1.807, 2.05) is 12.1 Å². The second kappa shape index (κ2) is 5.51. The molecule has 0 amide bonds. The van der Waals surface area contributed by atoms with Gasteiger partial charge in [-0.05, 0) is 23.1 Å². The molecule has 0 aliphatic heterocycles. The highest BCUT2D eigenvalue weighted by atomic mass is 32.1. The summed E-state index contributed by atoms with van der Waals surface area (Å²) in [6.45, 7) is 1.12. The van der Waals surface area contributed by atoms with Gasteiger partial charge in [0.05, 0.1) is 5.69 Å². The summed E-state index contributed by atoms with van der Waals surface area (Å²) < 4.78 is 0. The van der Waals surface area contributed by atoms with Crippen LogP contribution in [-0.4, -0.2) is 21.0 Å². The minimum absolute atomic E-state index is 0.389. The van der Waals surface area contributed by atoms with E-state index >= 15 is 0 Å². The highest BCUT2D eigenvalue weighted by Gasteiger charge is 2.10. The third kappa shape index (κ3) is 3.08. The average Bonchev–Trinajstić information content (AvgIpc) is 2.79. The monoisotopic (exact) mass is 249 g/mol. The predicted octanol–water partition coefficient (Wildman–Crippen LogP) is 1.53. The van der Waals surface area contributed by atoms with Gasteiger partial charge >= 0.3 is 5.97 Å². The number of nitrogens with zero attached hydrogens (tertiary/aromatic N) is 2. The fourth-order valence-corrected chi connectivity index (χ4v) is 2.17. The maximum absolute atomic E-state index is 10.9. The molecule has 0 fully saturated rings. The molecule has 5 nitrogen and oxygen atoms in total. The first-order valence-electron chi connectivity index (χ1n) is 5.02. The van der Waals surface area contributed by atoms with Crippen LogP contribution in [0, 0.1) is 0 Å². The molecule has 0 atom stereocenters. The summed E-state index contributed by atoms with van der Waals surface area (Å²) in [5, 5.41) is 13.9. The van der Waals surface area contributed by atoms with Crippen molar-refractivity contribution in [2.24, 2.45) is 0 Å². The Morgan fingerprint density at radius 2 is 2.29 bits per heavy atom. The Balaban J connectivity index is 1.90. The summed E-state index contributed by atoms with van der Waals surface area (Å²) in [5.74, 6) is -0.876. The molecule has 0 aliphatic rings. The molecular weight excluding hydrogens is 238 g/mol. The number of aromatic nitrogens is 2. The van der Waals surface area contributed by atoms with E-state index in [9.17, 15) is 4.79 Å². The number of carbonyl (C=O) groups is 1. The van der Waals surface area contributed by atoms with Crippen molar-refractivity contribution in [3.05, 3.63) is 46.2 Å². The van der Waals surface area contributed by atoms with Crippen LogP contribution in [0.1, 0.15) is 20.9 Å². The van der Waals surface area contributed by atoms with Gasteiger partial charge in [0, 0.05) is 19.3 Å². The van der Waals surface area contributed by atoms with E-state index in [0.29, 0.717) is 18.0 Å². The van der Waals surface area contributed by atoms with Gasteiger partial charge in [-0.15, -0.1) is 11.3 Å². The van der Waals surface area contributed by atoms with Crippen LogP contribution in [0.5, 0.6) is 0 Å². The number of carboxylic acids is 1. The van der Waals surface area contributed by atoms with Crippen LogP contribution in [0.2, 0.25) is 0 Å². The molecule has 0 bridgehead atoms. The van der Waals surface area contributed by atoms with Crippen LogP contribution >= 0.6 is 11.3 Å². The van der Waals surface area contributed by atoms with Crippen molar-refractivity contribution in [1.29, 1.82) is 0 Å². The second-order valence-electron chi connectivity index (χ2n) is 3.38. The number of aromatic carboxylic acids is 1.